The third kappa shape index (κ3) is 6.13. The van der Waals surface area contributed by atoms with Crippen molar-refractivity contribution in [3.8, 4) is 0 Å². The SMILES string of the molecule is CON(C)C(=O)[C@H](Cc1ccccc1)OC(=O)NC(C)(C)C. The van der Waals surface area contributed by atoms with Crippen LogP contribution in [0, 0.1) is 0 Å². The molecule has 0 aliphatic carbocycles. The molecule has 0 aliphatic heterocycles. The minimum atomic E-state index is -0.949. The molecular weight excluding hydrogens is 284 g/mol. The van der Waals surface area contributed by atoms with Crippen molar-refractivity contribution < 1.29 is 19.2 Å². The van der Waals surface area contributed by atoms with Gasteiger partial charge in [-0.1, -0.05) is 30.3 Å². The quantitative estimate of drug-likeness (QED) is 0.846. The van der Waals surface area contributed by atoms with E-state index < -0.39 is 23.6 Å². The number of carbonyl (C=O) groups is 2. The highest BCUT2D eigenvalue weighted by Crippen LogP contribution is 2.10. The molecule has 0 aromatic heterocycles. The molecule has 0 bridgehead atoms. The van der Waals surface area contributed by atoms with Gasteiger partial charge in [-0.25, -0.2) is 9.86 Å². The monoisotopic (exact) mass is 308 g/mol. The Balaban J connectivity index is 2.82. The van der Waals surface area contributed by atoms with Crippen LogP contribution in [0.5, 0.6) is 0 Å². The van der Waals surface area contributed by atoms with Gasteiger partial charge in [0.2, 0.25) is 0 Å². The van der Waals surface area contributed by atoms with Gasteiger partial charge in [0.05, 0.1) is 7.11 Å². The number of hydrogen-bond acceptors (Lipinski definition) is 4. The summed E-state index contributed by atoms with van der Waals surface area (Å²) in [6.45, 7) is 5.51. The third-order valence-electron chi connectivity index (χ3n) is 2.85. The molecule has 2 amide bonds. The summed E-state index contributed by atoms with van der Waals surface area (Å²) in [7, 11) is 2.86. The number of nitrogens with zero attached hydrogens (tertiary/aromatic N) is 1. The number of rotatable bonds is 5. The van der Waals surface area contributed by atoms with Crippen LogP contribution in [0.4, 0.5) is 4.79 Å². The van der Waals surface area contributed by atoms with E-state index in [1.54, 1.807) is 0 Å². The maximum atomic E-state index is 12.3. The lowest BCUT2D eigenvalue weighted by Gasteiger charge is -2.25. The van der Waals surface area contributed by atoms with Gasteiger partial charge < -0.3 is 10.1 Å². The van der Waals surface area contributed by atoms with Crippen LogP contribution in [-0.4, -0.2) is 42.9 Å². The Morgan fingerprint density at radius 2 is 1.82 bits per heavy atom. The summed E-state index contributed by atoms with van der Waals surface area (Å²) in [6.07, 6.45) is -1.30. The van der Waals surface area contributed by atoms with Crippen LogP contribution in [0.25, 0.3) is 0 Å². The smallest absolute Gasteiger partial charge is 0.408 e. The lowest BCUT2D eigenvalue weighted by Crippen LogP contribution is -2.46. The van der Waals surface area contributed by atoms with Crippen LogP contribution in [0.3, 0.4) is 0 Å². The standard InChI is InChI=1S/C16H24N2O4/c1-16(2,3)17-15(20)22-13(14(19)18(4)21-5)11-12-9-7-6-8-10-12/h6-10,13H,11H2,1-5H3,(H,17,20)/t13-/m0/s1. The van der Waals surface area contributed by atoms with E-state index in [0.717, 1.165) is 10.6 Å². The zero-order valence-corrected chi connectivity index (χ0v) is 13.8. The van der Waals surface area contributed by atoms with Gasteiger partial charge in [-0.2, -0.15) is 0 Å². The number of hydrogen-bond donors (Lipinski definition) is 1. The van der Waals surface area contributed by atoms with E-state index >= 15 is 0 Å². The van der Waals surface area contributed by atoms with Crippen molar-refractivity contribution in [1.29, 1.82) is 0 Å². The molecule has 1 aromatic rings. The Labute approximate surface area is 131 Å². The van der Waals surface area contributed by atoms with E-state index in [4.69, 9.17) is 9.57 Å². The van der Waals surface area contributed by atoms with E-state index in [1.807, 2.05) is 51.1 Å². The van der Waals surface area contributed by atoms with Gasteiger partial charge in [-0.05, 0) is 26.3 Å². The minimum Gasteiger partial charge on any atom is -0.436 e. The van der Waals surface area contributed by atoms with Gasteiger partial charge in [-0.3, -0.25) is 9.63 Å². The Bertz CT molecular complexity index is 497. The predicted octanol–water partition coefficient (Wildman–Crippen LogP) is 2.14. The zero-order chi connectivity index (χ0) is 16.8. The molecule has 6 nitrogen and oxygen atoms in total. The molecule has 0 heterocycles. The van der Waals surface area contributed by atoms with Crippen molar-refractivity contribution in [2.75, 3.05) is 14.2 Å². The van der Waals surface area contributed by atoms with Crippen LogP contribution in [0.15, 0.2) is 30.3 Å². The highest BCUT2D eigenvalue weighted by Gasteiger charge is 2.28. The van der Waals surface area contributed by atoms with Crippen LogP contribution in [0.2, 0.25) is 0 Å². The van der Waals surface area contributed by atoms with E-state index in [-0.39, 0.29) is 6.42 Å². The van der Waals surface area contributed by atoms with Crippen LogP contribution < -0.4 is 5.32 Å². The highest BCUT2D eigenvalue weighted by molar-refractivity contribution is 5.83. The lowest BCUT2D eigenvalue weighted by molar-refractivity contribution is -0.177. The third-order valence-corrected chi connectivity index (χ3v) is 2.85. The fourth-order valence-electron chi connectivity index (χ4n) is 1.77. The molecule has 0 fully saturated rings. The summed E-state index contributed by atoms with van der Waals surface area (Å²) in [5.74, 6) is -0.421. The van der Waals surface area contributed by atoms with E-state index in [0.29, 0.717) is 0 Å². The molecule has 0 aliphatic rings. The predicted molar refractivity (Wildman–Crippen MR) is 83.1 cm³/mol. The second-order valence-electron chi connectivity index (χ2n) is 5.98. The molecule has 0 radical (unpaired) electrons. The summed E-state index contributed by atoms with van der Waals surface area (Å²) in [4.78, 5) is 29.1. The van der Waals surface area contributed by atoms with Crippen molar-refractivity contribution in [2.45, 2.75) is 38.8 Å². The van der Waals surface area contributed by atoms with E-state index in [1.165, 1.54) is 14.2 Å². The Morgan fingerprint density at radius 1 is 1.23 bits per heavy atom. The topological polar surface area (TPSA) is 67.9 Å². The van der Waals surface area contributed by atoms with E-state index in [9.17, 15) is 9.59 Å². The van der Waals surface area contributed by atoms with E-state index in [2.05, 4.69) is 5.32 Å². The average Bonchev–Trinajstić information content (AvgIpc) is 2.44. The largest absolute Gasteiger partial charge is 0.436 e. The minimum absolute atomic E-state index is 0.283. The number of benzene rings is 1. The molecule has 0 saturated heterocycles. The van der Waals surface area contributed by atoms with Crippen LogP contribution in [0.1, 0.15) is 26.3 Å². The molecule has 1 aromatic carbocycles. The van der Waals surface area contributed by atoms with Gasteiger partial charge in [0.15, 0.2) is 6.10 Å². The maximum Gasteiger partial charge on any atom is 0.408 e. The number of carbonyl (C=O) groups excluding carboxylic acids is 2. The van der Waals surface area contributed by atoms with Crippen molar-refractivity contribution in [3.63, 3.8) is 0 Å². The van der Waals surface area contributed by atoms with Crippen LogP contribution >= 0.6 is 0 Å². The average molecular weight is 308 g/mol. The zero-order valence-electron chi connectivity index (χ0n) is 13.8. The highest BCUT2D eigenvalue weighted by atomic mass is 16.7. The maximum absolute atomic E-state index is 12.3. The first-order chi connectivity index (χ1) is 10.2. The Hall–Kier alpha value is -2.08. The summed E-state index contributed by atoms with van der Waals surface area (Å²) < 4.78 is 5.29. The Kier molecular flexibility index (Phi) is 6.37. The summed E-state index contributed by atoms with van der Waals surface area (Å²) in [5, 5.41) is 3.73. The molecular formula is C16H24N2O4. The first-order valence-electron chi connectivity index (χ1n) is 7.07. The van der Waals surface area contributed by atoms with Crippen molar-refractivity contribution >= 4 is 12.0 Å². The van der Waals surface area contributed by atoms with Gasteiger partial charge in [-0.15, -0.1) is 0 Å². The number of likely N-dealkylation sites (N-methyl/N-ethyl adjacent to an activating group) is 1. The molecule has 1 rings (SSSR count). The number of amides is 2. The molecule has 6 heteroatoms. The van der Waals surface area contributed by atoms with Gasteiger partial charge in [0.25, 0.3) is 5.91 Å². The summed E-state index contributed by atoms with van der Waals surface area (Å²) >= 11 is 0. The fourth-order valence-corrected chi connectivity index (χ4v) is 1.77. The molecule has 0 saturated carbocycles. The first-order valence-corrected chi connectivity index (χ1v) is 7.07. The van der Waals surface area contributed by atoms with Gasteiger partial charge in [0.1, 0.15) is 0 Å². The van der Waals surface area contributed by atoms with Gasteiger partial charge >= 0.3 is 6.09 Å². The van der Waals surface area contributed by atoms with Crippen molar-refractivity contribution in [1.82, 2.24) is 10.4 Å². The second-order valence-corrected chi connectivity index (χ2v) is 5.98. The number of ether oxygens (including phenoxy) is 1. The number of alkyl carbamates (subject to hydrolysis) is 1. The fraction of sp³-hybridized carbons (Fsp3) is 0.500. The summed E-state index contributed by atoms with van der Waals surface area (Å²) in [5.41, 5.74) is 0.457. The second kappa shape index (κ2) is 7.79. The van der Waals surface area contributed by atoms with Gasteiger partial charge in [0, 0.05) is 19.0 Å². The van der Waals surface area contributed by atoms with Crippen LogP contribution in [-0.2, 0) is 20.8 Å². The molecule has 22 heavy (non-hydrogen) atoms. The Morgan fingerprint density at radius 3 is 2.32 bits per heavy atom. The normalized spacial score (nSPS) is 12.4. The summed E-state index contributed by atoms with van der Waals surface area (Å²) in [6, 6.07) is 9.36. The van der Waals surface area contributed by atoms with Crippen molar-refractivity contribution in [3.05, 3.63) is 35.9 Å². The molecule has 1 N–H and O–H groups in total. The molecule has 122 valence electrons. The number of nitrogens with one attached hydrogen (secondary N) is 1. The molecule has 1 atom stereocenters. The lowest BCUT2D eigenvalue weighted by atomic mass is 10.1. The molecule has 0 spiro atoms. The first kappa shape index (κ1) is 18.0. The van der Waals surface area contributed by atoms with Crippen molar-refractivity contribution in [2.24, 2.45) is 0 Å². The number of hydroxylamine groups is 2. The molecule has 0 unspecified atom stereocenters.